The summed E-state index contributed by atoms with van der Waals surface area (Å²) in [5.74, 6) is 0.408. The number of nitrogens with zero attached hydrogens (tertiary/aromatic N) is 1. The molecule has 1 amide bonds. The van der Waals surface area contributed by atoms with Crippen LogP contribution in [0, 0.1) is 5.92 Å². The van der Waals surface area contributed by atoms with Crippen LogP contribution in [0.2, 0.25) is 0 Å². The number of ether oxygens (including phenoxy) is 1. The predicted molar refractivity (Wildman–Crippen MR) is 64.6 cm³/mol. The van der Waals surface area contributed by atoms with E-state index in [1.54, 1.807) is 4.90 Å². The molecular formula is C13H23NO3. The van der Waals surface area contributed by atoms with Crippen molar-refractivity contribution in [2.45, 2.75) is 44.1 Å². The fourth-order valence-corrected chi connectivity index (χ4v) is 2.91. The lowest BCUT2D eigenvalue weighted by Gasteiger charge is -2.36. The van der Waals surface area contributed by atoms with Gasteiger partial charge >= 0.3 is 0 Å². The summed E-state index contributed by atoms with van der Waals surface area (Å²) in [5, 5.41) is 10.4. The van der Waals surface area contributed by atoms with Crippen molar-refractivity contribution < 1.29 is 14.6 Å². The smallest absolute Gasteiger partial charge is 0.225 e. The highest BCUT2D eigenvalue weighted by Crippen LogP contribution is 2.28. The first-order chi connectivity index (χ1) is 8.11. The molecule has 1 aliphatic carbocycles. The molecule has 2 fully saturated rings. The second-order valence-corrected chi connectivity index (χ2v) is 5.51. The van der Waals surface area contributed by atoms with Gasteiger partial charge in [-0.3, -0.25) is 4.79 Å². The maximum Gasteiger partial charge on any atom is 0.225 e. The number of likely N-dealkylation sites (N-methyl/N-ethyl adjacent to an activating group) is 1. The third-order valence-electron chi connectivity index (χ3n) is 4.04. The lowest BCUT2D eigenvalue weighted by Crippen LogP contribution is -2.48. The van der Waals surface area contributed by atoms with Gasteiger partial charge in [0.1, 0.15) is 0 Å². The lowest BCUT2D eigenvalue weighted by atomic mass is 9.93. The van der Waals surface area contributed by atoms with Crippen LogP contribution in [0.5, 0.6) is 0 Å². The van der Waals surface area contributed by atoms with E-state index < -0.39 is 5.60 Å². The first kappa shape index (κ1) is 12.8. The Morgan fingerprint density at radius 3 is 2.53 bits per heavy atom. The van der Waals surface area contributed by atoms with Crippen LogP contribution >= 0.6 is 0 Å². The van der Waals surface area contributed by atoms with Crippen molar-refractivity contribution in [1.29, 1.82) is 0 Å². The van der Waals surface area contributed by atoms with Gasteiger partial charge in [0.15, 0.2) is 0 Å². The van der Waals surface area contributed by atoms with Crippen molar-refractivity contribution in [2.75, 3.05) is 26.8 Å². The van der Waals surface area contributed by atoms with Crippen molar-refractivity contribution in [2.24, 2.45) is 5.92 Å². The quantitative estimate of drug-likeness (QED) is 0.807. The van der Waals surface area contributed by atoms with Gasteiger partial charge in [0.05, 0.1) is 5.60 Å². The van der Waals surface area contributed by atoms with Crippen molar-refractivity contribution in [1.82, 2.24) is 4.90 Å². The van der Waals surface area contributed by atoms with Gasteiger partial charge in [0.2, 0.25) is 5.91 Å². The molecule has 4 nitrogen and oxygen atoms in total. The number of carbonyl (C=O) groups excluding carboxylic acids is 1. The summed E-state index contributed by atoms with van der Waals surface area (Å²) in [6, 6.07) is 0. The second-order valence-electron chi connectivity index (χ2n) is 5.51. The fourth-order valence-electron chi connectivity index (χ4n) is 2.91. The Balaban J connectivity index is 1.86. The Kier molecular flexibility index (Phi) is 4.05. The zero-order valence-corrected chi connectivity index (χ0v) is 10.7. The Bertz CT molecular complexity index is 268. The van der Waals surface area contributed by atoms with Crippen LogP contribution in [-0.4, -0.2) is 48.3 Å². The highest BCUT2D eigenvalue weighted by Gasteiger charge is 2.34. The summed E-state index contributed by atoms with van der Waals surface area (Å²) < 4.78 is 5.24. The number of carbonyl (C=O) groups is 1. The summed E-state index contributed by atoms with van der Waals surface area (Å²) in [4.78, 5) is 13.9. The topological polar surface area (TPSA) is 49.8 Å². The van der Waals surface area contributed by atoms with Crippen LogP contribution < -0.4 is 0 Å². The Hall–Kier alpha value is -0.610. The molecule has 0 bridgehead atoms. The molecule has 0 aromatic carbocycles. The van der Waals surface area contributed by atoms with Crippen LogP contribution in [0.3, 0.4) is 0 Å². The molecule has 1 saturated heterocycles. The normalized spacial score (nSPS) is 24.8. The van der Waals surface area contributed by atoms with Gasteiger partial charge in [0, 0.05) is 45.6 Å². The van der Waals surface area contributed by atoms with Crippen molar-refractivity contribution in [3.8, 4) is 0 Å². The highest BCUT2D eigenvalue weighted by atomic mass is 16.5. The first-order valence-electron chi connectivity index (χ1n) is 6.66. The van der Waals surface area contributed by atoms with Gasteiger partial charge in [-0.2, -0.15) is 0 Å². The molecule has 17 heavy (non-hydrogen) atoms. The minimum absolute atomic E-state index is 0.198. The van der Waals surface area contributed by atoms with Gasteiger partial charge in [-0.05, 0) is 12.8 Å². The third-order valence-corrected chi connectivity index (χ3v) is 4.04. The number of aliphatic hydroxyl groups is 1. The molecule has 1 saturated carbocycles. The largest absolute Gasteiger partial charge is 0.388 e. The molecule has 98 valence electrons. The van der Waals surface area contributed by atoms with Crippen LogP contribution in [0.4, 0.5) is 0 Å². The van der Waals surface area contributed by atoms with Crippen molar-refractivity contribution in [3.63, 3.8) is 0 Å². The Morgan fingerprint density at radius 1 is 1.35 bits per heavy atom. The minimum atomic E-state index is -0.735. The molecule has 0 spiro atoms. The average molecular weight is 241 g/mol. The summed E-state index contributed by atoms with van der Waals surface area (Å²) in [7, 11) is 1.81. The molecule has 1 aliphatic heterocycles. The van der Waals surface area contributed by atoms with Crippen LogP contribution in [-0.2, 0) is 9.53 Å². The number of amides is 1. The first-order valence-corrected chi connectivity index (χ1v) is 6.66. The number of hydrogen-bond acceptors (Lipinski definition) is 3. The molecule has 2 aliphatic rings. The van der Waals surface area contributed by atoms with E-state index >= 15 is 0 Å². The summed E-state index contributed by atoms with van der Waals surface area (Å²) in [6.07, 6.45) is 5.64. The van der Waals surface area contributed by atoms with Crippen LogP contribution in [0.15, 0.2) is 0 Å². The van der Waals surface area contributed by atoms with Gasteiger partial charge in [-0.15, -0.1) is 0 Å². The van der Waals surface area contributed by atoms with Gasteiger partial charge < -0.3 is 14.7 Å². The third kappa shape index (κ3) is 3.19. The van der Waals surface area contributed by atoms with E-state index in [2.05, 4.69) is 0 Å². The molecule has 0 aromatic rings. The minimum Gasteiger partial charge on any atom is -0.388 e. The SMILES string of the molecule is CN(CC1(O)CCOCC1)C(=O)C1CCCC1. The monoisotopic (exact) mass is 241 g/mol. The van der Waals surface area contributed by atoms with Crippen molar-refractivity contribution >= 4 is 5.91 Å². The summed E-state index contributed by atoms with van der Waals surface area (Å²) >= 11 is 0. The second kappa shape index (κ2) is 5.36. The standard InChI is InChI=1S/C13H23NO3/c1-14(12(15)11-4-2-3-5-11)10-13(16)6-8-17-9-7-13/h11,16H,2-10H2,1H3. The zero-order chi connectivity index (χ0) is 12.3. The van der Waals surface area contributed by atoms with E-state index in [-0.39, 0.29) is 11.8 Å². The molecule has 0 aromatic heterocycles. The van der Waals surface area contributed by atoms with E-state index in [0.29, 0.717) is 32.6 Å². The molecule has 0 unspecified atom stereocenters. The van der Waals surface area contributed by atoms with E-state index in [4.69, 9.17) is 4.74 Å². The highest BCUT2D eigenvalue weighted by molar-refractivity contribution is 5.78. The summed E-state index contributed by atoms with van der Waals surface area (Å²) in [5.41, 5.74) is -0.735. The molecule has 2 rings (SSSR count). The van der Waals surface area contributed by atoms with Crippen LogP contribution in [0.1, 0.15) is 38.5 Å². The fraction of sp³-hybridized carbons (Fsp3) is 0.923. The molecule has 0 atom stereocenters. The molecule has 1 heterocycles. The van der Waals surface area contributed by atoms with Crippen LogP contribution in [0.25, 0.3) is 0 Å². The molecule has 1 N–H and O–H groups in total. The van der Waals surface area contributed by atoms with E-state index in [9.17, 15) is 9.90 Å². The lowest BCUT2D eigenvalue weighted by molar-refractivity contribution is -0.140. The number of hydrogen-bond donors (Lipinski definition) is 1. The van der Waals surface area contributed by atoms with E-state index in [1.165, 1.54) is 12.8 Å². The molecule has 0 radical (unpaired) electrons. The van der Waals surface area contributed by atoms with Gasteiger partial charge in [0.25, 0.3) is 0 Å². The zero-order valence-electron chi connectivity index (χ0n) is 10.7. The Morgan fingerprint density at radius 2 is 1.94 bits per heavy atom. The molecular weight excluding hydrogens is 218 g/mol. The van der Waals surface area contributed by atoms with Crippen molar-refractivity contribution in [3.05, 3.63) is 0 Å². The molecule has 4 heteroatoms. The van der Waals surface area contributed by atoms with Gasteiger partial charge in [-0.1, -0.05) is 12.8 Å². The maximum absolute atomic E-state index is 12.1. The average Bonchev–Trinajstić information content (AvgIpc) is 2.81. The summed E-state index contributed by atoms with van der Waals surface area (Å²) in [6.45, 7) is 1.65. The Labute approximate surface area is 103 Å². The van der Waals surface area contributed by atoms with Gasteiger partial charge in [-0.25, -0.2) is 0 Å². The predicted octanol–water partition coefficient (Wildman–Crippen LogP) is 1.18. The maximum atomic E-state index is 12.1. The van der Waals surface area contributed by atoms with E-state index in [1.807, 2.05) is 7.05 Å². The number of rotatable bonds is 3. The van der Waals surface area contributed by atoms with E-state index in [0.717, 1.165) is 12.8 Å².